The molecular weight excluding hydrogens is 891 g/mol. The van der Waals surface area contributed by atoms with Crippen LogP contribution >= 0.6 is 38.1 Å². The highest BCUT2D eigenvalue weighted by molar-refractivity contribution is 8.44. The Kier molecular flexibility index (Phi) is 9.68. The SMILES string of the molecule is O=C(Nc1ncnc2c1ncn2[C@@H]1O[C@@]23CO[C@@H]1[C@@H]2O[P@@](=O)(S)OC[C@@]12CO[C@@H]([C@H](n4cnc5c(NC(=O)c6ccccc6)ncnc54)O1)[C@@H]2O[P@](=O)(S)OC3)c1ccccc1. The number of ether oxygens (including phenoxy) is 4. The third-order valence-electron chi connectivity index (χ3n) is 11.2. The number of carbonyl (C=O) groups is 2. The minimum absolute atomic E-state index is 0.145. The molecule has 4 aromatic heterocycles. The lowest BCUT2D eigenvalue weighted by Gasteiger charge is -2.35. The second-order valence-corrected chi connectivity index (χ2v) is 20.7. The molecule has 2 aromatic carbocycles. The van der Waals surface area contributed by atoms with Crippen LogP contribution in [0, 0.1) is 0 Å². The first-order valence-electron chi connectivity index (χ1n) is 18.9. The molecule has 22 nitrogen and oxygen atoms in total. The number of anilines is 2. The van der Waals surface area contributed by atoms with Gasteiger partial charge in [0.1, 0.15) is 48.3 Å². The van der Waals surface area contributed by atoms with Crippen LogP contribution in [0.2, 0.25) is 0 Å². The third kappa shape index (κ3) is 6.77. The summed E-state index contributed by atoms with van der Waals surface area (Å²) in [7, 11) is 0. The zero-order valence-corrected chi connectivity index (χ0v) is 35.2. The van der Waals surface area contributed by atoms with E-state index in [1.54, 1.807) is 69.8 Å². The fourth-order valence-electron chi connectivity index (χ4n) is 8.28. The van der Waals surface area contributed by atoms with Crippen LogP contribution in [-0.2, 0) is 46.2 Å². The van der Waals surface area contributed by atoms with E-state index in [4.69, 9.17) is 37.0 Å². The molecule has 10 atom stereocenters. The minimum atomic E-state index is -4.31. The van der Waals surface area contributed by atoms with Crippen molar-refractivity contribution in [1.82, 2.24) is 39.0 Å². The Morgan fingerprint density at radius 2 is 1.03 bits per heavy atom. The largest absolute Gasteiger partial charge is 0.386 e. The molecular formula is C36H32N10O12P2S2. The highest BCUT2D eigenvalue weighted by Crippen LogP contribution is 2.65. The van der Waals surface area contributed by atoms with Crippen molar-refractivity contribution in [2.45, 2.75) is 48.1 Å². The van der Waals surface area contributed by atoms with Gasteiger partial charge in [0.15, 0.2) is 46.4 Å². The lowest BCUT2D eigenvalue weighted by molar-refractivity contribution is -0.186. The Morgan fingerprint density at radius 3 is 1.45 bits per heavy atom. The summed E-state index contributed by atoms with van der Waals surface area (Å²) in [5.41, 5.74) is -1.22. The number of thiol groups is 2. The Hall–Kier alpha value is -4.68. The predicted octanol–water partition coefficient (Wildman–Crippen LogP) is 4.40. The monoisotopic (exact) mass is 922 g/mol. The number of fused-ring (bicyclic) bond motifs is 2. The van der Waals surface area contributed by atoms with Gasteiger partial charge in [-0.05, 0) is 24.3 Å². The van der Waals surface area contributed by atoms with Crippen molar-refractivity contribution in [2.75, 3.05) is 37.1 Å². The van der Waals surface area contributed by atoms with Crippen LogP contribution in [0.25, 0.3) is 22.3 Å². The molecule has 62 heavy (non-hydrogen) atoms. The van der Waals surface area contributed by atoms with Crippen LogP contribution in [0.4, 0.5) is 11.6 Å². The molecule has 26 heteroatoms. The Balaban J connectivity index is 0.859. The number of benzene rings is 2. The van der Waals surface area contributed by atoms with E-state index >= 15 is 0 Å². The van der Waals surface area contributed by atoms with Crippen molar-refractivity contribution in [1.29, 1.82) is 0 Å². The summed E-state index contributed by atoms with van der Waals surface area (Å²) in [6.45, 7) is -9.87. The van der Waals surface area contributed by atoms with E-state index in [0.717, 1.165) is 0 Å². The molecule has 11 rings (SSSR count). The standard InChI is InChI=1S/C36H32N10O12P2S2/c47-31(19-7-3-1-4-8-19)43-27-21-29(39-15-37-27)45(17-41-21)33-23-25-35(55-33,11-51-23)13-53-60(50,62)58-26-24-34(56-36(26,12-52-24)14-54-59(49,61)57-25)46-18-42-22-28(38-16-40-30(22)46)44-32(48)20-9-5-2-6-10-20/h1-10,15-18,23-26,33-34H,11-14H2,(H,49,61)(H,50,62)(H,37,39,43,47)(H,38,40,44,48)/t23-,24-,25+,26+,33-,34-,35-,36-,59-,60+/m1/s1. The molecule has 4 bridgehead atoms. The van der Waals surface area contributed by atoms with Crippen molar-refractivity contribution in [3.63, 3.8) is 0 Å². The van der Waals surface area contributed by atoms with Crippen LogP contribution in [0.3, 0.4) is 0 Å². The number of hydrogen-bond donors (Lipinski definition) is 4. The predicted molar refractivity (Wildman–Crippen MR) is 219 cm³/mol. The van der Waals surface area contributed by atoms with Crippen LogP contribution < -0.4 is 10.6 Å². The molecule has 9 heterocycles. The molecule has 5 aliphatic heterocycles. The average molecular weight is 923 g/mol. The van der Waals surface area contributed by atoms with Crippen molar-refractivity contribution in [3.8, 4) is 0 Å². The second kappa shape index (κ2) is 15.0. The van der Waals surface area contributed by atoms with E-state index in [0.29, 0.717) is 11.1 Å². The lowest BCUT2D eigenvalue weighted by atomic mass is 10.0. The van der Waals surface area contributed by atoms with Gasteiger partial charge in [-0.1, -0.05) is 60.9 Å². The highest BCUT2D eigenvalue weighted by Gasteiger charge is 2.68. The number of nitrogens with one attached hydrogen (secondary N) is 2. The molecule has 320 valence electrons. The van der Waals surface area contributed by atoms with Crippen molar-refractivity contribution >= 4 is 83.9 Å². The maximum atomic E-state index is 14.2. The summed E-state index contributed by atoms with van der Waals surface area (Å²) < 4.78 is 81.2. The average Bonchev–Trinajstić information content (AvgIpc) is 4.13. The van der Waals surface area contributed by atoms with Crippen LogP contribution in [0.15, 0.2) is 86.0 Å². The third-order valence-corrected chi connectivity index (χ3v) is 14.3. The Bertz CT molecular complexity index is 2670. The first-order valence-corrected chi connectivity index (χ1v) is 24.3. The van der Waals surface area contributed by atoms with E-state index in [2.05, 4.69) is 65.0 Å². The number of rotatable bonds is 6. The van der Waals surface area contributed by atoms with Gasteiger partial charge in [0, 0.05) is 11.1 Å². The number of carbonyl (C=O) groups excluding carboxylic acids is 2. The molecule has 5 saturated heterocycles. The number of aromatic nitrogens is 8. The summed E-state index contributed by atoms with van der Waals surface area (Å²) in [5.74, 6) is -0.509. The van der Waals surface area contributed by atoms with Crippen molar-refractivity contribution in [3.05, 3.63) is 97.1 Å². The molecule has 2 N–H and O–H groups in total. The van der Waals surface area contributed by atoms with E-state index in [1.807, 2.05) is 0 Å². The molecule has 5 fully saturated rings. The number of nitrogens with zero attached hydrogens (tertiary/aromatic N) is 8. The molecule has 0 spiro atoms. The lowest BCUT2D eigenvalue weighted by Crippen LogP contribution is -2.48. The van der Waals surface area contributed by atoms with Gasteiger partial charge >= 0.3 is 13.6 Å². The highest BCUT2D eigenvalue weighted by atomic mass is 32.7. The first-order chi connectivity index (χ1) is 29.9. The van der Waals surface area contributed by atoms with E-state index in [-0.39, 0.29) is 47.2 Å². The van der Waals surface area contributed by atoms with Gasteiger partial charge < -0.3 is 29.6 Å². The number of hydrogen-bond acceptors (Lipinski definition) is 18. The Labute approximate surface area is 359 Å². The van der Waals surface area contributed by atoms with Gasteiger partial charge in [-0.2, -0.15) is 0 Å². The topological polar surface area (TPSA) is 253 Å². The Morgan fingerprint density at radius 1 is 0.613 bits per heavy atom. The van der Waals surface area contributed by atoms with Gasteiger partial charge in [-0.15, -0.1) is 0 Å². The zero-order valence-electron chi connectivity index (χ0n) is 31.6. The fourth-order valence-corrected chi connectivity index (χ4v) is 11.3. The first kappa shape index (κ1) is 40.1. The van der Waals surface area contributed by atoms with Crippen molar-refractivity contribution in [2.24, 2.45) is 0 Å². The van der Waals surface area contributed by atoms with Crippen LogP contribution in [-0.4, -0.2) is 113 Å². The molecule has 0 saturated carbocycles. The molecule has 0 unspecified atom stereocenters. The van der Waals surface area contributed by atoms with E-state index in [1.165, 1.54) is 25.3 Å². The van der Waals surface area contributed by atoms with Crippen LogP contribution in [0.1, 0.15) is 33.2 Å². The minimum Gasteiger partial charge on any atom is -0.367 e. The van der Waals surface area contributed by atoms with Crippen LogP contribution in [0.5, 0.6) is 0 Å². The quantitative estimate of drug-likeness (QED) is 0.133. The van der Waals surface area contributed by atoms with Gasteiger partial charge in [0.25, 0.3) is 11.8 Å². The molecule has 6 aromatic rings. The van der Waals surface area contributed by atoms with Gasteiger partial charge in [-0.3, -0.25) is 36.8 Å². The second-order valence-electron chi connectivity index (χ2n) is 15.0. The zero-order chi connectivity index (χ0) is 42.4. The van der Waals surface area contributed by atoms with Gasteiger partial charge in [0.2, 0.25) is 0 Å². The fraction of sp³-hybridized carbons (Fsp3) is 0.333. The van der Waals surface area contributed by atoms with Gasteiger partial charge in [0.05, 0.1) is 39.1 Å². The summed E-state index contributed by atoms with van der Waals surface area (Å²) in [6.07, 6.45) is -0.951. The summed E-state index contributed by atoms with van der Waals surface area (Å²) >= 11 is 8.72. The van der Waals surface area contributed by atoms with E-state index in [9.17, 15) is 18.7 Å². The molecule has 2 amide bonds. The summed E-state index contributed by atoms with van der Waals surface area (Å²) in [4.78, 5) is 52.1. The molecule has 0 radical (unpaired) electrons. The summed E-state index contributed by atoms with van der Waals surface area (Å²) in [5, 5.41) is 5.53. The maximum absolute atomic E-state index is 14.2. The molecule has 5 aliphatic rings. The van der Waals surface area contributed by atoms with Crippen molar-refractivity contribution < 1.29 is 55.8 Å². The van der Waals surface area contributed by atoms with Gasteiger partial charge in [-0.25, -0.2) is 39.0 Å². The molecule has 0 aliphatic carbocycles. The normalized spacial score (nSPS) is 34.0. The number of imidazole rings is 2. The maximum Gasteiger partial charge on any atom is 0.386 e. The smallest absolute Gasteiger partial charge is 0.367 e. The number of amides is 2. The van der Waals surface area contributed by atoms with E-state index < -0.39 is 86.7 Å². The summed E-state index contributed by atoms with van der Waals surface area (Å²) in [6, 6.07) is 17.2.